The van der Waals surface area contributed by atoms with Gasteiger partial charge in [-0.2, -0.15) is 0 Å². The third-order valence-electron chi connectivity index (χ3n) is 6.22. The molecule has 1 aromatic carbocycles. The second-order valence-corrected chi connectivity index (χ2v) is 6.93. The Morgan fingerprint density at radius 1 is 1.52 bits per heavy atom. The molecule has 4 nitrogen and oxygen atoms in total. The van der Waals surface area contributed by atoms with Crippen molar-refractivity contribution in [2.45, 2.75) is 43.2 Å². The Balaban J connectivity index is 1.87. The van der Waals surface area contributed by atoms with Gasteiger partial charge in [0.05, 0.1) is 2.74 Å². The van der Waals surface area contributed by atoms with Crippen molar-refractivity contribution in [3.63, 3.8) is 0 Å². The molecule has 0 amide bonds. The molecule has 1 aromatic rings. The van der Waals surface area contributed by atoms with Gasteiger partial charge in [0, 0.05) is 23.4 Å². The molecule has 2 aliphatic carbocycles. The molecule has 4 atom stereocenters. The van der Waals surface area contributed by atoms with Crippen LogP contribution in [0.3, 0.4) is 0 Å². The lowest BCUT2D eigenvalue weighted by molar-refractivity contribution is -0.138. The summed E-state index contributed by atoms with van der Waals surface area (Å²) < 4.78 is 22.3. The molecule has 1 spiro atoms. The van der Waals surface area contributed by atoms with Gasteiger partial charge in [0.25, 0.3) is 0 Å². The van der Waals surface area contributed by atoms with E-state index in [0.717, 1.165) is 30.5 Å². The minimum Gasteiger partial charge on any atom is -0.504 e. The molecule has 0 radical (unpaired) electrons. The van der Waals surface area contributed by atoms with Crippen LogP contribution < -0.4 is 4.74 Å². The lowest BCUT2D eigenvalue weighted by atomic mass is 9.52. The SMILES string of the molecule is [2H]c1c([2H])c2c3c(c1O)O[C@H]1C(=O)CC[C@H]4[C@@H](C2)N(C)CC[C@]314. The number of benzene rings is 1. The van der Waals surface area contributed by atoms with E-state index in [4.69, 9.17) is 7.48 Å². The summed E-state index contributed by atoms with van der Waals surface area (Å²) in [4.78, 5) is 14.9. The molecule has 110 valence electrons. The molecule has 4 aliphatic rings. The molecule has 2 heterocycles. The van der Waals surface area contributed by atoms with Gasteiger partial charge in [0.2, 0.25) is 0 Å². The maximum atomic E-state index is 12.6. The largest absolute Gasteiger partial charge is 0.504 e. The highest BCUT2D eigenvalue weighted by molar-refractivity contribution is 5.89. The van der Waals surface area contributed by atoms with Crippen molar-refractivity contribution in [1.82, 2.24) is 4.90 Å². The molecule has 1 saturated carbocycles. The van der Waals surface area contributed by atoms with Gasteiger partial charge in [0.15, 0.2) is 23.4 Å². The Bertz CT molecular complexity index is 765. The van der Waals surface area contributed by atoms with E-state index in [2.05, 4.69) is 11.9 Å². The number of phenols is 1. The molecular weight excluding hydrogens is 266 g/mol. The first-order valence-electron chi connectivity index (χ1n) is 8.72. The van der Waals surface area contributed by atoms with Crippen molar-refractivity contribution >= 4 is 5.78 Å². The predicted octanol–water partition coefficient (Wildman–Crippen LogP) is 1.63. The molecule has 1 saturated heterocycles. The van der Waals surface area contributed by atoms with Gasteiger partial charge in [-0.05, 0) is 50.4 Å². The number of nitrogens with zero attached hydrogens (tertiary/aromatic N) is 1. The summed E-state index contributed by atoms with van der Waals surface area (Å²) in [5.74, 6) is 0.481. The number of piperidine rings is 1. The molecule has 0 aromatic heterocycles. The van der Waals surface area contributed by atoms with Crippen molar-refractivity contribution in [3.8, 4) is 11.5 Å². The normalized spacial score (nSPS) is 41.2. The van der Waals surface area contributed by atoms with E-state index < -0.39 is 11.5 Å². The number of hydrogen-bond donors (Lipinski definition) is 1. The van der Waals surface area contributed by atoms with Crippen LogP contribution in [0.15, 0.2) is 12.1 Å². The van der Waals surface area contributed by atoms with Crippen molar-refractivity contribution in [2.75, 3.05) is 13.6 Å². The van der Waals surface area contributed by atoms with Gasteiger partial charge < -0.3 is 14.7 Å². The lowest BCUT2D eigenvalue weighted by Crippen LogP contribution is -2.65. The molecule has 21 heavy (non-hydrogen) atoms. The Hall–Kier alpha value is -1.55. The maximum Gasteiger partial charge on any atom is 0.174 e. The number of likely N-dealkylation sites (tertiary alicyclic amines) is 1. The summed E-state index contributed by atoms with van der Waals surface area (Å²) >= 11 is 0. The van der Waals surface area contributed by atoms with Crippen molar-refractivity contribution < 1.29 is 17.4 Å². The number of ether oxygens (including phenoxy) is 1. The Kier molecular flexibility index (Phi) is 1.76. The monoisotopic (exact) mass is 287 g/mol. The first kappa shape index (κ1) is 10.2. The number of rotatable bonds is 0. The molecule has 4 heteroatoms. The van der Waals surface area contributed by atoms with Crippen LogP contribution in [-0.4, -0.2) is 41.5 Å². The summed E-state index contributed by atoms with van der Waals surface area (Å²) in [5.41, 5.74) is 1.30. The summed E-state index contributed by atoms with van der Waals surface area (Å²) in [6.07, 6.45) is 2.35. The van der Waals surface area contributed by atoms with Gasteiger partial charge in [-0.3, -0.25) is 4.79 Å². The average molecular weight is 287 g/mol. The second kappa shape index (κ2) is 3.61. The lowest BCUT2D eigenvalue weighted by Gasteiger charge is -2.57. The fourth-order valence-electron chi connectivity index (χ4n) is 5.36. The van der Waals surface area contributed by atoms with E-state index in [1.165, 1.54) is 0 Å². The molecule has 2 bridgehead atoms. The topological polar surface area (TPSA) is 49.8 Å². The fraction of sp³-hybridized carbons (Fsp3) is 0.588. The average Bonchev–Trinajstić information content (AvgIpc) is 2.88. The first-order valence-corrected chi connectivity index (χ1v) is 7.72. The smallest absolute Gasteiger partial charge is 0.174 e. The van der Waals surface area contributed by atoms with Gasteiger partial charge in [0.1, 0.15) is 0 Å². The second-order valence-electron chi connectivity index (χ2n) is 6.93. The van der Waals surface area contributed by atoms with Gasteiger partial charge in [-0.1, -0.05) is 6.04 Å². The zero-order chi connectivity index (χ0) is 16.1. The number of phenolic OH excluding ortho intramolecular Hbond substituents is 1. The quantitative estimate of drug-likeness (QED) is 0.788. The Labute approximate surface area is 126 Å². The third kappa shape index (κ3) is 1.20. The zero-order valence-electron chi connectivity index (χ0n) is 14.0. The minimum atomic E-state index is -0.543. The van der Waals surface area contributed by atoms with Crippen LogP contribution in [-0.2, 0) is 16.6 Å². The van der Waals surface area contributed by atoms with Gasteiger partial charge >= 0.3 is 0 Å². The van der Waals surface area contributed by atoms with E-state index in [9.17, 15) is 9.90 Å². The van der Waals surface area contributed by atoms with Crippen LogP contribution in [0.25, 0.3) is 0 Å². The van der Waals surface area contributed by atoms with E-state index in [-0.39, 0.29) is 29.7 Å². The molecule has 5 rings (SSSR count). The van der Waals surface area contributed by atoms with Crippen LogP contribution in [0.1, 0.15) is 33.1 Å². The first-order chi connectivity index (χ1) is 11.0. The Morgan fingerprint density at radius 2 is 2.38 bits per heavy atom. The number of carbonyl (C=O) groups is 1. The van der Waals surface area contributed by atoms with E-state index in [0.29, 0.717) is 24.5 Å². The number of ketones is 1. The summed E-state index contributed by atoms with van der Waals surface area (Å²) in [6, 6.07) is 0.205. The maximum absolute atomic E-state index is 12.6. The number of hydrogen-bond acceptors (Lipinski definition) is 4. The van der Waals surface area contributed by atoms with Crippen molar-refractivity contribution in [1.29, 1.82) is 0 Å². The van der Waals surface area contributed by atoms with Crippen LogP contribution in [0.4, 0.5) is 0 Å². The zero-order valence-corrected chi connectivity index (χ0v) is 12.0. The standard InChI is InChI=1S/C17H19NO3/c1-18-7-6-17-10-3-5-13(20)16(17)21-15-12(19)4-2-9(14(15)17)8-11(10)18/h2,4,10-11,16,19H,3,5-8H2,1H3/t10-,11+,16-,17-/m0/s1/i2D,4D. The summed E-state index contributed by atoms with van der Waals surface area (Å²) in [7, 11) is 2.11. The summed E-state index contributed by atoms with van der Waals surface area (Å²) in [6.45, 7) is 0.893. The van der Waals surface area contributed by atoms with Crippen LogP contribution in [0.5, 0.6) is 11.5 Å². The Morgan fingerprint density at radius 3 is 3.24 bits per heavy atom. The molecule has 1 N–H and O–H groups in total. The third-order valence-corrected chi connectivity index (χ3v) is 6.22. The van der Waals surface area contributed by atoms with Gasteiger partial charge in [-0.25, -0.2) is 0 Å². The molecule has 2 fully saturated rings. The molecular formula is C17H19NO3. The fourth-order valence-corrected chi connectivity index (χ4v) is 5.36. The molecule has 0 unspecified atom stereocenters. The number of likely N-dealkylation sites (N-methyl/N-ethyl adjacent to an activating group) is 1. The number of carbonyl (C=O) groups excluding carboxylic acids is 1. The summed E-state index contributed by atoms with van der Waals surface area (Å²) in [5, 5.41) is 10.4. The highest BCUT2D eigenvalue weighted by atomic mass is 16.5. The van der Waals surface area contributed by atoms with E-state index >= 15 is 0 Å². The van der Waals surface area contributed by atoms with E-state index in [1.54, 1.807) is 0 Å². The highest BCUT2D eigenvalue weighted by Gasteiger charge is 2.65. The molecule has 2 aliphatic heterocycles. The van der Waals surface area contributed by atoms with Gasteiger partial charge in [-0.15, -0.1) is 0 Å². The van der Waals surface area contributed by atoms with Crippen molar-refractivity contribution in [2.24, 2.45) is 5.92 Å². The van der Waals surface area contributed by atoms with Crippen molar-refractivity contribution in [3.05, 3.63) is 23.2 Å². The van der Waals surface area contributed by atoms with Crippen LogP contribution in [0, 0.1) is 5.92 Å². The van der Waals surface area contributed by atoms with Crippen LogP contribution in [0.2, 0.25) is 0 Å². The number of aromatic hydroxyl groups is 1. The minimum absolute atomic E-state index is 0.0987. The van der Waals surface area contributed by atoms with Crippen LogP contribution >= 0.6 is 0 Å². The predicted molar refractivity (Wildman–Crippen MR) is 76.7 cm³/mol. The van der Waals surface area contributed by atoms with E-state index in [1.807, 2.05) is 0 Å². The highest BCUT2D eigenvalue weighted by Crippen LogP contribution is 2.62. The number of Topliss-reactive ketones (excluding diaryl/α,β-unsaturated/α-hetero) is 1.